The first-order valence-electron chi connectivity index (χ1n) is 8.85. The minimum absolute atomic E-state index is 0.389. The van der Waals surface area contributed by atoms with E-state index in [0.717, 1.165) is 35.4 Å². The van der Waals surface area contributed by atoms with Gasteiger partial charge in [-0.2, -0.15) is 0 Å². The second kappa shape index (κ2) is 7.04. The monoisotopic (exact) mass is 343 g/mol. The second-order valence-corrected chi connectivity index (χ2v) is 6.52. The normalized spacial score (nSPS) is 15.4. The lowest BCUT2D eigenvalue weighted by molar-refractivity contribution is 1.14. The van der Waals surface area contributed by atoms with Crippen molar-refractivity contribution in [3.8, 4) is 0 Å². The molecule has 0 unspecified atom stereocenters. The molecule has 1 aromatic heterocycles. The molecule has 1 heterocycles. The minimum Gasteiger partial charge on any atom is -0.382 e. The number of aliphatic imine (C=N–C) groups is 2. The van der Waals surface area contributed by atoms with Gasteiger partial charge in [-0.1, -0.05) is 42.5 Å². The van der Waals surface area contributed by atoms with Gasteiger partial charge >= 0.3 is 0 Å². The topological polar surface area (TPSA) is 76.5 Å². The summed E-state index contributed by atoms with van der Waals surface area (Å²) < 4.78 is 0. The predicted octanol–water partition coefficient (Wildman–Crippen LogP) is 3.68. The fourth-order valence-corrected chi connectivity index (χ4v) is 2.98. The highest BCUT2D eigenvalue weighted by Gasteiger charge is 2.31. The highest BCUT2D eigenvalue weighted by atomic mass is 15.0. The smallest absolute Gasteiger partial charge is 0.152 e. The average Bonchev–Trinajstić information content (AvgIpc) is 3.51. The van der Waals surface area contributed by atoms with Crippen LogP contribution in [0.2, 0.25) is 0 Å². The van der Waals surface area contributed by atoms with Crippen molar-refractivity contribution in [1.29, 1.82) is 0 Å². The summed E-state index contributed by atoms with van der Waals surface area (Å²) in [6.45, 7) is 0. The van der Waals surface area contributed by atoms with Gasteiger partial charge in [0.15, 0.2) is 5.82 Å². The van der Waals surface area contributed by atoms with E-state index in [2.05, 4.69) is 22.1 Å². The summed E-state index contributed by atoms with van der Waals surface area (Å²) in [5.74, 6) is 1.61. The molecule has 5 nitrogen and oxygen atoms in total. The molecule has 1 fully saturated rings. The van der Waals surface area contributed by atoms with Crippen molar-refractivity contribution in [2.24, 2.45) is 15.9 Å². The number of rotatable bonds is 4. The molecule has 0 atom stereocenters. The summed E-state index contributed by atoms with van der Waals surface area (Å²) in [4.78, 5) is 18.5. The van der Waals surface area contributed by atoms with Crippen molar-refractivity contribution in [3.63, 3.8) is 0 Å². The number of nitrogen functional groups attached to an aromatic ring is 1. The standard InChI is InChI=1S/C21H21N5/c1-23-18(13-14-7-3-2-4-8-14)26-19(15-11-12-15)20-21(22)25-17-10-6-5-9-16(17)24-20/h2-10,15H,11-13H2,1H3,(H2,22,25). The van der Waals surface area contributed by atoms with E-state index in [-0.39, 0.29) is 0 Å². The summed E-state index contributed by atoms with van der Waals surface area (Å²) in [6.07, 6.45) is 2.90. The van der Waals surface area contributed by atoms with Crippen LogP contribution in [0, 0.1) is 5.92 Å². The quantitative estimate of drug-likeness (QED) is 0.580. The molecule has 2 N–H and O–H groups in total. The Morgan fingerprint density at radius 1 is 1.00 bits per heavy atom. The van der Waals surface area contributed by atoms with Gasteiger partial charge in [0.1, 0.15) is 11.5 Å². The first-order chi connectivity index (χ1) is 12.7. The van der Waals surface area contributed by atoms with Gasteiger partial charge in [0.25, 0.3) is 0 Å². The average molecular weight is 343 g/mol. The van der Waals surface area contributed by atoms with Crippen molar-refractivity contribution in [2.45, 2.75) is 19.3 Å². The molecule has 1 saturated carbocycles. The Balaban J connectivity index is 1.73. The number of para-hydroxylation sites is 2. The number of aromatic nitrogens is 2. The molecule has 1 aliphatic rings. The van der Waals surface area contributed by atoms with Crippen LogP contribution in [0.1, 0.15) is 24.1 Å². The summed E-state index contributed by atoms with van der Waals surface area (Å²) in [5, 5.41) is 0. The molecule has 1 aliphatic carbocycles. The van der Waals surface area contributed by atoms with Crippen LogP contribution in [0.15, 0.2) is 64.6 Å². The summed E-state index contributed by atoms with van der Waals surface area (Å²) in [7, 11) is 1.78. The Labute approximate surface area is 152 Å². The zero-order valence-electron chi connectivity index (χ0n) is 14.8. The van der Waals surface area contributed by atoms with Gasteiger partial charge in [-0.25, -0.2) is 15.0 Å². The van der Waals surface area contributed by atoms with Gasteiger partial charge in [0.05, 0.1) is 16.7 Å². The van der Waals surface area contributed by atoms with Crippen LogP contribution >= 0.6 is 0 Å². The fourth-order valence-electron chi connectivity index (χ4n) is 2.98. The highest BCUT2D eigenvalue weighted by Crippen LogP contribution is 2.34. The fraction of sp³-hybridized carbons (Fsp3) is 0.238. The van der Waals surface area contributed by atoms with E-state index in [1.165, 1.54) is 5.56 Å². The van der Waals surface area contributed by atoms with Crippen molar-refractivity contribution in [1.82, 2.24) is 9.97 Å². The summed E-state index contributed by atoms with van der Waals surface area (Å²) >= 11 is 0. The first-order valence-corrected chi connectivity index (χ1v) is 8.85. The van der Waals surface area contributed by atoms with E-state index >= 15 is 0 Å². The van der Waals surface area contributed by atoms with E-state index in [4.69, 9.17) is 15.7 Å². The van der Waals surface area contributed by atoms with Crippen LogP contribution in [0.4, 0.5) is 5.82 Å². The van der Waals surface area contributed by atoms with Crippen molar-refractivity contribution >= 4 is 28.4 Å². The Morgan fingerprint density at radius 3 is 2.31 bits per heavy atom. The third-order valence-electron chi connectivity index (χ3n) is 4.52. The molecular weight excluding hydrogens is 322 g/mol. The van der Waals surface area contributed by atoms with Crippen LogP contribution in [-0.2, 0) is 6.42 Å². The zero-order valence-corrected chi connectivity index (χ0v) is 14.8. The van der Waals surface area contributed by atoms with E-state index in [1.54, 1.807) is 7.05 Å². The van der Waals surface area contributed by atoms with Crippen LogP contribution in [0.25, 0.3) is 11.0 Å². The molecule has 0 spiro atoms. The second-order valence-electron chi connectivity index (χ2n) is 6.52. The van der Waals surface area contributed by atoms with Gasteiger partial charge in [0, 0.05) is 19.4 Å². The number of hydrogen-bond acceptors (Lipinski definition) is 4. The van der Waals surface area contributed by atoms with Gasteiger partial charge in [-0.15, -0.1) is 0 Å². The van der Waals surface area contributed by atoms with Crippen LogP contribution < -0.4 is 5.73 Å². The minimum atomic E-state index is 0.389. The van der Waals surface area contributed by atoms with E-state index < -0.39 is 0 Å². The van der Waals surface area contributed by atoms with Crippen LogP contribution in [0.3, 0.4) is 0 Å². The van der Waals surface area contributed by atoms with Crippen molar-refractivity contribution in [3.05, 3.63) is 65.9 Å². The van der Waals surface area contributed by atoms with Gasteiger partial charge in [-0.05, 0) is 30.5 Å². The molecule has 0 radical (unpaired) electrons. The number of nitrogens with two attached hydrogens (primary N) is 1. The lowest BCUT2D eigenvalue weighted by Crippen LogP contribution is -2.15. The van der Waals surface area contributed by atoms with Gasteiger partial charge < -0.3 is 5.73 Å². The maximum Gasteiger partial charge on any atom is 0.152 e. The maximum absolute atomic E-state index is 6.23. The van der Waals surface area contributed by atoms with Crippen LogP contribution in [0.5, 0.6) is 0 Å². The SMILES string of the molecule is CN=C(Cc1ccccc1)N=C(c1nc2ccccc2nc1N)C1CC1. The molecule has 3 aromatic rings. The summed E-state index contributed by atoms with van der Waals surface area (Å²) in [5.41, 5.74) is 10.7. The predicted molar refractivity (Wildman–Crippen MR) is 107 cm³/mol. The molecular formula is C21H21N5. The van der Waals surface area contributed by atoms with Crippen LogP contribution in [-0.4, -0.2) is 28.6 Å². The third-order valence-corrected chi connectivity index (χ3v) is 4.52. The van der Waals surface area contributed by atoms with Crippen molar-refractivity contribution < 1.29 is 0 Å². The Kier molecular flexibility index (Phi) is 4.44. The number of anilines is 1. The number of benzene rings is 2. The zero-order chi connectivity index (χ0) is 17.9. The van der Waals surface area contributed by atoms with E-state index in [9.17, 15) is 0 Å². The summed E-state index contributed by atoms with van der Waals surface area (Å²) in [6, 6.07) is 18.0. The largest absolute Gasteiger partial charge is 0.382 e. The molecule has 4 rings (SSSR count). The molecule has 130 valence electrons. The number of amidine groups is 1. The molecule has 26 heavy (non-hydrogen) atoms. The highest BCUT2D eigenvalue weighted by molar-refractivity contribution is 6.11. The van der Waals surface area contributed by atoms with Gasteiger partial charge in [-0.3, -0.25) is 4.99 Å². The third kappa shape index (κ3) is 3.47. The number of nitrogens with zero attached hydrogens (tertiary/aromatic N) is 4. The number of fused-ring (bicyclic) bond motifs is 1. The Morgan fingerprint density at radius 2 is 1.65 bits per heavy atom. The lowest BCUT2D eigenvalue weighted by atomic mass is 10.1. The van der Waals surface area contributed by atoms with Gasteiger partial charge in [0.2, 0.25) is 0 Å². The molecule has 0 aliphatic heterocycles. The first kappa shape index (κ1) is 16.4. The molecule has 5 heteroatoms. The molecule has 0 saturated heterocycles. The van der Waals surface area contributed by atoms with E-state index in [0.29, 0.717) is 23.9 Å². The maximum atomic E-state index is 6.23. The molecule has 0 bridgehead atoms. The van der Waals surface area contributed by atoms with Crippen molar-refractivity contribution in [2.75, 3.05) is 12.8 Å². The molecule has 2 aromatic carbocycles. The van der Waals surface area contributed by atoms with E-state index in [1.807, 2.05) is 42.5 Å². The molecule has 0 amide bonds. The lowest BCUT2D eigenvalue weighted by Gasteiger charge is -2.10. The Bertz CT molecular complexity index is 988. The number of hydrogen-bond donors (Lipinski definition) is 1. The Hall–Kier alpha value is -3.08.